The smallest absolute Gasteiger partial charge is 0.307 e. The summed E-state index contributed by atoms with van der Waals surface area (Å²) in [6, 6.07) is 7.05. The van der Waals surface area contributed by atoms with Crippen molar-refractivity contribution < 1.29 is 19.4 Å². The zero-order chi connectivity index (χ0) is 15.0. The first-order chi connectivity index (χ1) is 10.1. The maximum atomic E-state index is 12.5. The molecule has 1 fully saturated rings. The molecule has 110 valence electrons. The Morgan fingerprint density at radius 2 is 1.95 bits per heavy atom. The van der Waals surface area contributed by atoms with Gasteiger partial charge >= 0.3 is 5.97 Å². The van der Waals surface area contributed by atoms with E-state index in [1.54, 1.807) is 31.4 Å². The average Bonchev–Trinajstić information content (AvgIpc) is 3.07. The Balaban J connectivity index is 1.78. The van der Waals surface area contributed by atoms with Gasteiger partial charge in [-0.2, -0.15) is 0 Å². The molecule has 5 nitrogen and oxygen atoms in total. The van der Waals surface area contributed by atoms with Crippen LogP contribution < -0.4 is 10.1 Å². The molecule has 1 aromatic carbocycles. The van der Waals surface area contributed by atoms with Gasteiger partial charge in [-0.1, -0.05) is 18.2 Å². The quantitative estimate of drug-likeness (QED) is 0.832. The van der Waals surface area contributed by atoms with E-state index in [9.17, 15) is 14.7 Å². The molecule has 0 aromatic heterocycles. The lowest BCUT2D eigenvalue weighted by atomic mass is 9.82. The van der Waals surface area contributed by atoms with Crippen LogP contribution in [0.25, 0.3) is 0 Å². The van der Waals surface area contributed by atoms with Crippen LogP contribution in [0.2, 0.25) is 0 Å². The molecule has 0 unspecified atom stereocenters. The molecule has 4 atom stereocenters. The molecule has 1 saturated carbocycles. The van der Waals surface area contributed by atoms with Crippen molar-refractivity contribution in [3.8, 4) is 5.75 Å². The van der Waals surface area contributed by atoms with E-state index in [0.29, 0.717) is 11.4 Å². The highest BCUT2D eigenvalue weighted by Crippen LogP contribution is 2.48. The van der Waals surface area contributed by atoms with Gasteiger partial charge in [0.25, 0.3) is 0 Å². The van der Waals surface area contributed by atoms with Gasteiger partial charge < -0.3 is 15.2 Å². The van der Waals surface area contributed by atoms with E-state index in [4.69, 9.17) is 4.74 Å². The van der Waals surface area contributed by atoms with Gasteiger partial charge in [0, 0.05) is 11.8 Å². The lowest BCUT2D eigenvalue weighted by Crippen LogP contribution is -2.36. The minimum absolute atomic E-state index is 0.0199. The van der Waals surface area contributed by atoms with Crippen molar-refractivity contribution in [2.75, 3.05) is 12.4 Å². The molecule has 1 aromatic rings. The Morgan fingerprint density at radius 1 is 1.24 bits per heavy atom. The summed E-state index contributed by atoms with van der Waals surface area (Å²) in [4.78, 5) is 23.9. The number of carbonyl (C=O) groups is 2. The summed E-state index contributed by atoms with van der Waals surface area (Å²) in [6.45, 7) is 0. The van der Waals surface area contributed by atoms with Gasteiger partial charge in [-0.25, -0.2) is 0 Å². The first-order valence-electron chi connectivity index (χ1n) is 6.96. The summed E-state index contributed by atoms with van der Waals surface area (Å²) in [5.74, 6) is -1.58. The fraction of sp³-hybridized carbons (Fsp3) is 0.375. The van der Waals surface area contributed by atoms with Crippen molar-refractivity contribution in [3.05, 3.63) is 36.4 Å². The number of carbonyl (C=O) groups excluding carboxylic acids is 1. The Morgan fingerprint density at radius 3 is 2.62 bits per heavy atom. The van der Waals surface area contributed by atoms with Crippen molar-refractivity contribution in [2.45, 2.75) is 6.42 Å². The first-order valence-corrected chi connectivity index (χ1v) is 6.96. The summed E-state index contributed by atoms with van der Waals surface area (Å²) in [6.07, 6.45) is 4.66. The number of amides is 1. The predicted molar refractivity (Wildman–Crippen MR) is 77.0 cm³/mol. The van der Waals surface area contributed by atoms with Crippen LogP contribution in [0.1, 0.15) is 6.42 Å². The van der Waals surface area contributed by atoms with Crippen LogP contribution in [-0.2, 0) is 9.59 Å². The number of hydrogen-bond acceptors (Lipinski definition) is 3. The summed E-state index contributed by atoms with van der Waals surface area (Å²) in [5.41, 5.74) is 0.621. The molecule has 0 aliphatic heterocycles. The zero-order valence-corrected chi connectivity index (χ0v) is 11.7. The van der Waals surface area contributed by atoms with Crippen LogP contribution in [0.15, 0.2) is 36.4 Å². The molecular weight excluding hydrogens is 270 g/mol. The second-order valence-electron chi connectivity index (χ2n) is 5.56. The molecule has 3 rings (SSSR count). The first kappa shape index (κ1) is 13.7. The van der Waals surface area contributed by atoms with Crippen molar-refractivity contribution in [1.82, 2.24) is 0 Å². The van der Waals surface area contributed by atoms with Crippen LogP contribution in [0.3, 0.4) is 0 Å². The van der Waals surface area contributed by atoms with Gasteiger partial charge in [0.2, 0.25) is 5.91 Å². The van der Waals surface area contributed by atoms with Gasteiger partial charge in [-0.15, -0.1) is 0 Å². The number of allylic oxidation sites excluding steroid dienone is 2. The van der Waals surface area contributed by atoms with E-state index in [1.807, 2.05) is 12.2 Å². The zero-order valence-electron chi connectivity index (χ0n) is 11.7. The summed E-state index contributed by atoms with van der Waals surface area (Å²) >= 11 is 0. The van der Waals surface area contributed by atoms with Crippen LogP contribution in [-0.4, -0.2) is 24.1 Å². The normalized spacial score (nSPS) is 29.4. The van der Waals surface area contributed by atoms with Crippen LogP contribution in [0.5, 0.6) is 5.75 Å². The highest BCUT2D eigenvalue weighted by atomic mass is 16.5. The topological polar surface area (TPSA) is 75.6 Å². The van der Waals surface area contributed by atoms with Gasteiger partial charge in [-0.3, -0.25) is 9.59 Å². The SMILES string of the molecule is COc1cccc(NC(=O)[C@H]2[C@@H](C(=O)O)[C@H]3C=C[C@@H]2C3)c1. The van der Waals surface area contributed by atoms with E-state index in [1.165, 1.54) is 0 Å². The molecule has 5 heteroatoms. The number of nitrogens with one attached hydrogen (secondary N) is 1. The van der Waals surface area contributed by atoms with Crippen LogP contribution >= 0.6 is 0 Å². The summed E-state index contributed by atoms with van der Waals surface area (Å²) in [7, 11) is 1.56. The number of anilines is 1. The highest BCUT2D eigenvalue weighted by molar-refractivity contribution is 5.96. The molecule has 1 amide bonds. The third-order valence-electron chi connectivity index (χ3n) is 4.38. The largest absolute Gasteiger partial charge is 0.497 e. The molecule has 2 N–H and O–H groups in total. The van der Waals surface area contributed by atoms with Crippen LogP contribution in [0, 0.1) is 23.7 Å². The van der Waals surface area contributed by atoms with Gasteiger partial charge in [0.15, 0.2) is 0 Å². The van der Waals surface area contributed by atoms with Crippen LogP contribution in [0.4, 0.5) is 5.69 Å². The Hall–Kier alpha value is -2.30. The number of benzene rings is 1. The van der Waals surface area contributed by atoms with Crippen molar-refractivity contribution in [3.63, 3.8) is 0 Å². The van der Waals surface area contributed by atoms with Crippen molar-refractivity contribution >= 4 is 17.6 Å². The Kier molecular flexibility index (Phi) is 3.41. The number of carboxylic acid groups (broad SMARTS) is 1. The molecule has 2 aliphatic carbocycles. The number of aliphatic carboxylic acids is 1. The Bertz CT molecular complexity index is 610. The fourth-order valence-corrected chi connectivity index (χ4v) is 3.44. The third kappa shape index (κ3) is 2.39. The number of ether oxygens (including phenoxy) is 1. The lowest BCUT2D eigenvalue weighted by Gasteiger charge is -2.23. The second kappa shape index (κ2) is 5.24. The monoisotopic (exact) mass is 287 g/mol. The van der Waals surface area contributed by atoms with E-state index in [-0.39, 0.29) is 17.7 Å². The molecule has 0 heterocycles. The molecule has 2 bridgehead atoms. The number of hydrogen-bond donors (Lipinski definition) is 2. The molecule has 0 radical (unpaired) electrons. The maximum Gasteiger partial charge on any atom is 0.307 e. The molecule has 0 saturated heterocycles. The van der Waals surface area contributed by atoms with Crippen molar-refractivity contribution in [1.29, 1.82) is 0 Å². The maximum absolute atomic E-state index is 12.5. The Labute approximate surface area is 122 Å². The number of fused-ring (bicyclic) bond motifs is 2. The fourth-order valence-electron chi connectivity index (χ4n) is 3.44. The minimum Gasteiger partial charge on any atom is -0.497 e. The van der Waals surface area contributed by atoms with Gasteiger partial charge in [0.05, 0.1) is 18.9 Å². The van der Waals surface area contributed by atoms with E-state index in [2.05, 4.69) is 5.32 Å². The third-order valence-corrected chi connectivity index (χ3v) is 4.38. The molecule has 0 spiro atoms. The van der Waals surface area contributed by atoms with E-state index in [0.717, 1.165) is 6.42 Å². The molecule has 2 aliphatic rings. The number of methoxy groups -OCH3 is 1. The van der Waals surface area contributed by atoms with Crippen molar-refractivity contribution in [2.24, 2.45) is 23.7 Å². The average molecular weight is 287 g/mol. The highest BCUT2D eigenvalue weighted by Gasteiger charge is 2.51. The van der Waals surface area contributed by atoms with Gasteiger partial charge in [0.1, 0.15) is 5.75 Å². The minimum atomic E-state index is -0.891. The molecule has 21 heavy (non-hydrogen) atoms. The lowest BCUT2D eigenvalue weighted by molar-refractivity contribution is -0.146. The standard InChI is InChI=1S/C16H17NO4/c1-21-12-4-2-3-11(8-12)17-15(18)13-9-5-6-10(7-9)14(13)16(19)20/h2-6,8-10,13-14H,7H2,1H3,(H,17,18)(H,19,20)/t9-,10+,13-,14+/m1/s1. The summed E-state index contributed by atoms with van der Waals surface area (Å²) < 4.78 is 5.11. The van der Waals surface area contributed by atoms with E-state index < -0.39 is 17.8 Å². The number of rotatable bonds is 4. The second-order valence-corrected chi connectivity index (χ2v) is 5.56. The number of carboxylic acids is 1. The molecular formula is C16H17NO4. The van der Waals surface area contributed by atoms with Gasteiger partial charge in [-0.05, 0) is 30.4 Å². The summed E-state index contributed by atoms with van der Waals surface area (Å²) in [5, 5.41) is 12.2. The predicted octanol–water partition coefficient (Wildman–Crippen LogP) is 2.16. The van der Waals surface area contributed by atoms with E-state index >= 15 is 0 Å².